The summed E-state index contributed by atoms with van der Waals surface area (Å²) in [7, 11) is 0. The van der Waals surface area contributed by atoms with Gasteiger partial charge in [-0.15, -0.1) is 0 Å². The van der Waals surface area contributed by atoms with Crippen LogP contribution in [0.1, 0.15) is 34.5 Å². The fraction of sp³-hybridized carbons (Fsp3) is 0.333. The molecule has 2 heterocycles. The second-order valence-corrected chi connectivity index (χ2v) is 7.92. The molecule has 1 aromatic heterocycles. The van der Waals surface area contributed by atoms with Gasteiger partial charge in [0.05, 0.1) is 17.5 Å². The first-order valence-corrected chi connectivity index (χ1v) is 10.2. The number of rotatable bonds is 4. The van der Waals surface area contributed by atoms with Crippen molar-refractivity contribution in [2.45, 2.75) is 26.7 Å². The molecule has 0 atom stereocenters. The second kappa shape index (κ2) is 8.11. The summed E-state index contributed by atoms with van der Waals surface area (Å²) in [6.07, 6.45) is 1.88. The molecule has 4 rings (SSSR count). The number of nitrogen functional groups attached to an aromatic ring is 1. The number of carbonyl (C=O) groups excluding carboxylic acids is 1. The van der Waals surface area contributed by atoms with Gasteiger partial charge < -0.3 is 15.4 Å². The van der Waals surface area contributed by atoms with E-state index in [1.807, 2.05) is 67.3 Å². The minimum atomic E-state index is 0.122. The number of carbonyl (C=O) groups is 1. The summed E-state index contributed by atoms with van der Waals surface area (Å²) in [6, 6.07) is 15.5. The SMILES string of the molecule is Cc1cccc(C(=O)N2CCC(COc3cccc4nc(C)cc(N)c34)CC2)c1. The molecule has 0 unspecified atom stereocenters. The number of hydrogen-bond acceptors (Lipinski definition) is 4. The lowest BCUT2D eigenvalue weighted by Gasteiger charge is -2.32. The Labute approximate surface area is 171 Å². The van der Waals surface area contributed by atoms with Gasteiger partial charge in [-0.25, -0.2) is 0 Å². The summed E-state index contributed by atoms with van der Waals surface area (Å²) < 4.78 is 6.15. The average molecular weight is 389 g/mol. The number of benzene rings is 2. The molecule has 0 bridgehead atoms. The monoisotopic (exact) mass is 389 g/mol. The van der Waals surface area contributed by atoms with E-state index < -0.39 is 0 Å². The smallest absolute Gasteiger partial charge is 0.253 e. The van der Waals surface area contributed by atoms with Gasteiger partial charge in [0.25, 0.3) is 5.91 Å². The zero-order valence-corrected chi connectivity index (χ0v) is 17.0. The Hall–Kier alpha value is -3.08. The fourth-order valence-electron chi connectivity index (χ4n) is 4.01. The predicted molar refractivity (Wildman–Crippen MR) is 116 cm³/mol. The average Bonchev–Trinajstić information content (AvgIpc) is 2.71. The molecule has 0 saturated carbocycles. The number of pyridine rings is 1. The van der Waals surface area contributed by atoms with Crippen LogP contribution in [0.25, 0.3) is 10.9 Å². The molecule has 1 aliphatic heterocycles. The summed E-state index contributed by atoms with van der Waals surface area (Å²) >= 11 is 0. The van der Waals surface area contributed by atoms with Crippen LogP contribution >= 0.6 is 0 Å². The van der Waals surface area contributed by atoms with Crippen LogP contribution in [0.4, 0.5) is 5.69 Å². The highest BCUT2D eigenvalue weighted by atomic mass is 16.5. The number of anilines is 1. The number of amides is 1. The van der Waals surface area contributed by atoms with Crippen LogP contribution in [-0.4, -0.2) is 35.5 Å². The minimum Gasteiger partial charge on any atom is -0.493 e. The Morgan fingerprint density at radius 2 is 1.90 bits per heavy atom. The van der Waals surface area contributed by atoms with E-state index in [-0.39, 0.29) is 5.91 Å². The first-order valence-electron chi connectivity index (χ1n) is 10.2. The van der Waals surface area contributed by atoms with E-state index in [0.29, 0.717) is 18.2 Å². The molecule has 1 fully saturated rings. The standard InChI is InChI=1S/C24H27N3O2/c1-16-5-3-6-19(13-16)24(28)27-11-9-18(10-12-27)15-29-22-8-4-7-21-23(22)20(25)14-17(2)26-21/h3-8,13-14,18H,9-12,15H2,1-2H3,(H2,25,26). The third kappa shape index (κ3) is 4.19. The van der Waals surface area contributed by atoms with Crippen LogP contribution in [0.2, 0.25) is 0 Å². The molecular formula is C24H27N3O2. The van der Waals surface area contributed by atoms with E-state index in [1.165, 1.54) is 0 Å². The molecule has 3 aromatic rings. The van der Waals surface area contributed by atoms with E-state index in [4.69, 9.17) is 10.5 Å². The van der Waals surface area contributed by atoms with Crippen LogP contribution in [-0.2, 0) is 0 Å². The van der Waals surface area contributed by atoms with Crippen LogP contribution in [0, 0.1) is 19.8 Å². The third-order valence-electron chi connectivity index (χ3n) is 5.60. The van der Waals surface area contributed by atoms with Crippen molar-refractivity contribution in [1.29, 1.82) is 0 Å². The highest BCUT2D eigenvalue weighted by molar-refractivity contribution is 5.95. The maximum Gasteiger partial charge on any atom is 0.253 e. The summed E-state index contributed by atoms with van der Waals surface area (Å²) in [6.45, 7) is 6.10. The molecular weight excluding hydrogens is 362 g/mol. The number of piperidine rings is 1. The normalized spacial score (nSPS) is 14.9. The number of ether oxygens (including phenoxy) is 1. The van der Waals surface area contributed by atoms with Gasteiger partial charge >= 0.3 is 0 Å². The van der Waals surface area contributed by atoms with Crippen LogP contribution in [0.15, 0.2) is 48.5 Å². The van der Waals surface area contributed by atoms with Gasteiger partial charge in [-0.2, -0.15) is 0 Å². The Morgan fingerprint density at radius 3 is 2.66 bits per heavy atom. The zero-order chi connectivity index (χ0) is 20.4. The molecule has 5 heteroatoms. The largest absolute Gasteiger partial charge is 0.493 e. The van der Waals surface area contributed by atoms with E-state index in [0.717, 1.165) is 59.4 Å². The number of nitrogens with two attached hydrogens (primary N) is 1. The van der Waals surface area contributed by atoms with Crippen molar-refractivity contribution in [3.8, 4) is 5.75 Å². The summed E-state index contributed by atoms with van der Waals surface area (Å²) in [5, 5.41) is 0.880. The highest BCUT2D eigenvalue weighted by Crippen LogP contribution is 2.31. The third-order valence-corrected chi connectivity index (χ3v) is 5.60. The summed E-state index contributed by atoms with van der Waals surface area (Å²) in [4.78, 5) is 19.2. The molecule has 1 amide bonds. The van der Waals surface area contributed by atoms with E-state index in [9.17, 15) is 4.79 Å². The van der Waals surface area contributed by atoms with E-state index in [2.05, 4.69) is 4.98 Å². The van der Waals surface area contributed by atoms with Crippen molar-refractivity contribution in [1.82, 2.24) is 9.88 Å². The molecule has 2 N–H and O–H groups in total. The van der Waals surface area contributed by atoms with Crippen LogP contribution in [0.3, 0.4) is 0 Å². The topological polar surface area (TPSA) is 68.5 Å². The van der Waals surface area contributed by atoms with Gasteiger partial charge in [-0.3, -0.25) is 9.78 Å². The predicted octanol–water partition coefficient (Wildman–Crippen LogP) is 4.37. The van der Waals surface area contributed by atoms with Crippen LogP contribution in [0.5, 0.6) is 5.75 Å². The first-order chi connectivity index (χ1) is 14.0. The van der Waals surface area contributed by atoms with Crippen molar-refractivity contribution >= 4 is 22.5 Å². The maximum absolute atomic E-state index is 12.7. The highest BCUT2D eigenvalue weighted by Gasteiger charge is 2.24. The number of likely N-dealkylation sites (tertiary alicyclic amines) is 1. The van der Waals surface area contributed by atoms with Gasteiger partial charge in [0.15, 0.2) is 0 Å². The lowest BCUT2D eigenvalue weighted by molar-refractivity contribution is 0.0661. The Bertz CT molecular complexity index is 1040. The van der Waals surface area contributed by atoms with Crippen molar-refractivity contribution in [2.75, 3.05) is 25.4 Å². The Balaban J connectivity index is 1.37. The van der Waals surface area contributed by atoms with Crippen molar-refractivity contribution in [3.05, 3.63) is 65.4 Å². The lowest BCUT2D eigenvalue weighted by Crippen LogP contribution is -2.39. The molecule has 29 heavy (non-hydrogen) atoms. The molecule has 2 aromatic carbocycles. The minimum absolute atomic E-state index is 0.122. The van der Waals surface area contributed by atoms with E-state index in [1.54, 1.807) is 0 Å². The van der Waals surface area contributed by atoms with Gasteiger partial charge in [0.2, 0.25) is 0 Å². The quantitative estimate of drug-likeness (QED) is 0.720. The molecule has 0 radical (unpaired) electrons. The maximum atomic E-state index is 12.7. The summed E-state index contributed by atoms with van der Waals surface area (Å²) in [5.41, 5.74) is 10.6. The number of aryl methyl sites for hydroxylation is 2. The van der Waals surface area contributed by atoms with Gasteiger partial charge in [-0.1, -0.05) is 23.8 Å². The van der Waals surface area contributed by atoms with Crippen molar-refractivity contribution in [2.24, 2.45) is 5.92 Å². The fourth-order valence-corrected chi connectivity index (χ4v) is 4.01. The van der Waals surface area contributed by atoms with E-state index >= 15 is 0 Å². The molecule has 1 aliphatic rings. The van der Waals surface area contributed by atoms with Gasteiger partial charge in [0, 0.05) is 30.0 Å². The van der Waals surface area contributed by atoms with Crippen LogP contribution < -0.4 is 10.5 Å². The molecule has 1 saturated heterocycles. The molecule has 0 aliphatic carbocycles. The van der Waals surface area contributed by atoms with Gasteiger partial charge in [-0.05, 0) is 62.9 Å². The van der Waals surface area contributed by atoms with Gasteiger partial charge in [0.1, 0.15) is 5.75 Å². The van der Waals surface area contributed by atoms with Crippen molar-refractivity contribution in [3.63, 3.8) is 0 Å². The number of nitrogens with zero attached hydrogens (tertiary/aromatic N) is 2. The molecule has 5 nitrogen and oxygen atoms in total. The summed E-state index contributed by atoms with van der Waals surface area (Å²) in [5.74, 6) is 1.33. The number of hydrogen-bond donors (Lipinski definition) is 1. The zero-order valence-electron chi connectivity index (χ0n) is 17.0. The molecule has 150 valence electrons. The molecule has 0 spiro atoms. The second-order valence-electron chi connectivity index (χ2n) is 7.92. The van der Waals surface area contributed by atoms with Crippen molar-refractivity contribution < 1.29 is 9.53 Å². The Morgan fingerprint density at radius 1 is 1.14 bits per heavy atom. The Kier molecular flexibility index (Phi) is 5.38. The lowest BCUT2D eigenvalue weighted by atomic mass is 9.97. The number of fused-ring (bicyclic) bond motifs is 1. The number of aromatic nitrogens is 1. The first kappa shape index (κ1) is 19.2.